The molecule has 1 aromatic carbocycles. The molecule has 0 N–H and O–H groups in total. The van der Waals surface area contributed by atoms with E-state index in [2.05, 4.69) is 21.9 Å². The summed E-state index contributed by atoms with van der Waals surface area (Å²) < 4.78 is 8.01. The molecule has 7 nitrogen and oxygen atoms in total. The number of carbonyl (C=O) groups is 1. The molecule has 5 rings (SSSR count). The molecule has 0 radical (unpaired) electrons. The van der Waals surface area contributed by atoms with Crippen molar-refractivity contribution in [3.63, 3.8) is 0 Å². The second-order valence-corrected chi connectivity index (χ2v) is 8.97. The third-order valence-electron chi connectivity index (χ3n) is 6.17. The van der Waals surface area contributed by atoms with Crippen molar-refractivity contribution in [3.8, 4) is 5.82 Å². The minimum Gasteiger partial charge on any atom is -0.445 e. The highest BCUT2D eigenvalue weighted by Gasteiger charge is 2.28. The fourth-order valence-corrected chi connectivity index (χ4v) is 4.66. The summed E-state index contributed by atoms with van der Waals surface area (Å²) in [5.41, 5.74) is 1.66. The van der Waals surface area contributed by atoms with Crippen LogP contribution in [0.15, 0.2) is 65.6 Å². The lowest BCUT2D eigenvalue weighted by Crippen LogP contribution is -2.39. The van der Waals surface area contributed by atoms with Crippen LogP contribution in [0.2, 0.25) is 5.02 Å². The van der Waals surface area contributed by atoms with Gasteiger partial charge < -0.3 is 9.32 Å². The number of aryl methyl sites for hydroxylation is 1. The van der Waals surface area contributed by atoms with Gasteiger partial charge in [-0.15, -0.1) is 0 Å². The summed E-state index contributed by atoms with van der Waals surface area (Å²) >= 11 is 6.09. The maximum atomic E-state index is 13.2. The molecular formula is C26H26ClN5O2. The summed E-state index contributed by atoms with van der Waals surface area (Å²) in [5.74, 6) is 3.24. The molecule has 1 atom stereocenters. The van der Waals surface area contributed by atoms with E-state index in [0.717, 1.165) is 42.2 Å². The summed E-state index contributed by atoms with van der Waals surface area (Å²) in [4.78, 5) is 28.4. The largest absolute Gasteiger partial charge is 0.445 e. The number of carbonyl (C=O) groups excluding carboxylic acids is 1. The topological polar surface area (TPSA) is 77.0 Å². The Morgan fingerprint density at radius 2 is 2.09 bits per heavy atom. The van der Waals surface area contributed by atoms with Crippen LogP contribution in [-0.2, 0) is 12.8 Å². The Kier molecular flexibility index (Phi) is 6.45. The molecule has 1 fully saturated rings. The molecule has 0 bridgehead atoms. The van der Waals surface area contributed by atoms with E-state index in [1.54, 1.807) is 18.6 Å². The standard InChI is InChI=1S/C26H26ClN5O2/c1-2-23-28-10-12-32(23)24-9-8-19(15-29-24)26(33)31-11-4-6-20(17-31)25-30-16-22(34-25)14-18-5-3-7-21(27)13-18/h3,5,7-10,12-13,15-16,20H,2,4,6,11,14,17H2,1H3/t20-/m0/s1. The molecule has 4 heterocycles. The number of likely N-dealkylation sites (tertiary alicyclic amines) is 1. The second kappa shape index (κ2) is 9.81. The van der Waals surface area contributed by atoms with E-state index >= 15 is 0 Å². The van der Waals surface area contributed by atoms with Crippen molar-refractivity contribution in [1.29, 1.82) is 0 Å². The van der Waals surface area contributed by atoms with Gasteiger partial charge in [-0.2, -0.15) is 0 Å². The van der Waals surface area contributed by atoms with Gasteiger partial charge in [0.1, 0.15) is 17.4 Å². The maximum Gasteiger partial charge on any atom is 0.255 e. The summed E-state index contributed by atoms with van der Waals surface area (Å²) in [5, 5.41) is 0.706. The molecule has 1 amide bonds. The fourth-order valence-electron chi connectivity index (χ4n) is 4.45. The first-order valence-corrected chi connectivity index (χ1v) is 12.0. The second-order valence-electron chi connectivity index (χ2n) is 8.53. The Hall–Kier alpha value is -3.45. The molecule has 174 valence electrons. The van der Waals surface area contributed by atoms with E-state index in [-0.39, 0.29) is 11.8 Å². The van der Waals surface area contributed by atoms with Crippen molar-refractivity contribution in [3.05, 3.63) is 94.8 Å². The molecule has 1 aliphatic rings. The lowest BCUT2D eigenvalue weighted by Gasteiger charge is -2.31. The van der Waals surface area contributed by atoms with Crippen LogP contribution in [0, 0.1) is 0 Å². The van der Waals surface area contributed by atoms with E-state index in [0.29, 0.717) is 36.0 Å². The van der Waals surface area contributed by atoms with Crippen molar-refractivity contribution >= 4 is 17.5 Å². The number of piperidine rings is 1. The van der Waals surface area contributed by atoms with Crippen molar-refractivity contribution in [1.82, 2.24) is 24.4 Å². The summed E-state index contributed by atoms with van der Waals surface area (Å²) in [6.07, 6.45) is 10.4. The predicted molar refractivity (Wildman–Crippen MR) is 129 cm³/mol. The van der Waals surface area contributed by atoms with Crippen LogP contribution in [0.5, 0.6) is 0 Å². The molecule has 1 aliphatic heterocycles. The Balaban J connectivity index is 1.25. The van der Waals surface area contributed by atoms with Crippen molar-refractivity contribution in [2.24, 2.45) is 0 Å². The number of imidazole rings is 1. The van der Waals surface area contributed by atoms with Crippen molar-refractivity contribution in [2.75, 3.05) is 13.1 Å². The van der Waals surface area contributed by atoms with Crippen LogP contribution in [0.1, 0.15) is 59.1 Å². The van der Waals surface area contributed by atoms with E-state index in [9.17, 15) is 4.79 Å². The number of pyridine rings is 1. The number of rotatable bonds is 6. The van der Waals surface area contributed by atoms with Crippen LogP contribution >= 0.6 is 11.6 Å². The number of benzene rings is 1. The van der Waals surface area contributed by atoms with Crippen LogP contribution in [0.4, 0.5) is 0 Å². The van der Waals surface area contributed by atoms with Gasteiger partial charge in [0.25, 0.3) is 5.91 Å². The van der Waals surface area contributed by atoms with Crippen molar-refractivity contribution < 1.29 is 9.21 Å². The van der Waals surface area contributed by atoms with Gasteiger partial charge in [0.2, 0.25) is 0 Å². The number of amides is 1. The predicted octanol–water partition coefficient (Wildman–Crippen LogP) is 5.08. The minimum atomic E-state index is -0.0178. The molecule has 8 heteroatoms. The van der Waals surface area contributed by atoms with Gasteiger partial charge in [0.05, 0.1) is 17.7 Å². The quantitative estimate of drug-likeness (QED) is 0.388. The van der Waals surface area contributed by atoms with Gasteiger partial charge >= 0.3 is 0 Å². The van der Waals surface area contributed by atoms with E-state index in [4.69, 9.17) is 16.0 Å². The van der Waals surface area contributed by atoms with Crippen molar-refractivity contribution in [2.45, 2.75) is 38.5 Å². The third-order valence-corrected chi connectivity index (χ3v) is 6.41. The van der Waals surface area contributed by atoms with Crippen LogP contribution in [0.25, 0.3) is 5.82 Å². The molecule has 4 aromatic rings. The zero-order valence-corrected chi connectivity index (χ0v) is 19.8. The first-order chi connectivity index (χ1) is 16.6. The zero-order chi connectivity index (χ0) is 23.5. The maximum absolute atomic E-state index is 13.2. The molecule has 3 aromatic heterocycles. The van der Waals surface area contributed by atoms with Crippen LogP contribution in [-0.4, -0.2) is 43.4 Å². The highest BCUT2D eigenvalue weighted by atomic mass is 35.5. The summed E-state index contributed by atoms with van der Waals surface area (Å²) in [7, 11) is 0. The average Bonchev–Trinajstić information content (AvgIpc) is 3.53. The molecule has 0 aliphatic carbocycles. The zero-order valence-electron chi connectivity index (χ0n) is 19.0. The fraction of sp³-hybridized carbons (Fsp3) is 0.308. The summed E-state index contributed by atoms with van der Waals surface area (Å²) in [6.45, 7) is 3.35. The van der Waals surface area contributed by atoms with Crippen LogP contribution in [0.3, 0.4) is 0 Å². The monoisotopic (exact) mass is 475 g/mol. The van der Waals surface area contributed by atoms with E-state index in [1.807, 2.05) is 52.1 Å². The first-order valence-electron chi connectivity index (χ1n) is 11.6. The highest BCUT2D eigenvalue weighted by molar-refractivity contribution is 6.30. The normalized spacial score (nSPS) is 16.1. The Morgan fingerprint density at radius 3 is 2.88 bits per heavy atom. The minimum absolute atomic E-state index is 0.0178. The average molecular weight is 476 g/mol. The van der Waals surface area contributed by atoms with Gasteiger partial charge in [-0.25, -0.2) is 15.0 Å². The number of hydrogen-bond acceptors (Lipinski definition) is 5. The summed E-state index contributed by atoms with van der Waals surface area (Å²) in [6, 6.07) is 11.4. The lowest BCUT2D eigenvalue weighted by molar-refractivity contribution is 0.0697. The molecule has 0 saturated carbocycles. The Morgan fingerprint density at radius 1 is 1.18 bits per heavy atom. The smallest absolute Gasteiger partial charge is 0.255 e. The Labute approximate surface area is 203 Å². The van der Waals surface area contributed by atoms with Gasteiger partial charge in [-0.1, -0.05) is 30.7 Å². The number of nitrogens with zero attached hydrogens (tertiary/aromatic N) is 5. The highest BCUT2D eigenvalue weighted by Crippen LogP contribution is 2.28. The van der Waals surface area contributed by atoms with E-state index < -0.39 is 0 Å². The van der Waals surface area contributed by atoms with Gasteiger partial charge in [0.15, 0.2) is 5.89 Å². The number of oxazole rings is 1. The first kappa shape index (κ1) is 22.3. The number of halogens is 1. The van der Waals surface area contributed by atoms with Gasteiger partial charge in [-0.3, -0.25) is 9.36 Å². The molecule has 34 heavy (non-hydrogen) atoms. The number of aromatic nitrogens is 4. The van der Waals surface area contributed by atoms with E-state index in [1.165, 1.54) is 0 Å². The molecule has 1 saturated heterocycles. The lowest BCUT2D eigenvalue weighted by atomic mass is 9.97. The third kappa shape index (κ3) is 4.75. The molecular weight excluding hydrogens is 450 g/mol. The Bertz CT molecular complexity index is 1280. The molecule has 0 spiro atoms. The van der Waals surface area contributed by atoms with Gasteiger partial charge in [0, 0.05) is 49.5 Å². The SMILES string of the molecule is CCc1nccn1-c1ccc(C(=O)N2CCC[C@H](c3ncc(Cc4cccc(Cl)c4)o3)C2)cn1. The van der Waals surface area contributed by atoms with Crippen LogP contribution < -0.4 is 0 Å². The van der Waals surface area contributed by atoms with Gasteiger partial charge in [-0.05, 0) is 42.7 Å². The number of hydrogen-bond donors (Lipinski definition) is 0. The molecule has 0 unspecified atom stereocenters.